The van der Waals surface area contributed by atoms with Crippen molar-refractivity contribution in [3.63, 3.8) is 0 Å². The quantitative estimate of drug-likeness (QED) is 0.797. The van der Waals surface area contributed by atoms with E-state index in [0.717, 1.165) is 37.1 Å². The first-order valence-electron chi connectivity index (χ1n) is 6.67. The fraction of sp³-hybridized carbons (Fsp3) is 0.250. The third-order valence-electron chi connectivity index (χ3n) is 3.64. The maximum absolute atomic E-state index is 6.47. The molecule has 0 amide bonds. The summed E-state index contributed by atoms with van der Waals surface area (Å²) in [4.78, 5) is 0. The lowest BCUT2D eigenvalue weighted by Gasteiger charge is -2.23. The lowest BCUT2D eigenvalue weighted by molar-refractivity contribution is 0.171. The van der Waals surface area contributed by atoms with E-state index >= 15 is 0 Å². The Bertz CT molecular complexity index is 688. The summed E-state index contributed by atoms with van der Waals surface area (Å²) in [5.41, 5.74) is 9.69. The molecule has 0 fully saturated rings. The van der Waals surface area contributed by atoms with Crippen LogP contribution in [0.1, 0.15) is 22.7 Å². The molecule has 1 atom stereocenters. The standard InChI is InChI=1S/C16H15Br2NO2/c1-9-10(3-2-4-12(9)17)16(19)11-7-14-15(8-13(11)18)21-6-5-20-14/h2-4,7-8,16H,5-6,19H2,1H3. The van der Waals surface area contributed by atoms with Gasteiger partial charge in [0.25, 0.3) is 0 Å². The summed E-state index contributed by atoms with van der Waals surface area (Å²) in [5.74, 6) is 1.51. The summed E-state index contributed by atoms with van der Waals surface area (Å²) in [5, 5.41) is 0. The predicted octanol–water partition coefficient (Wildman–Crippen LogP) is 4.34. The van der Waals surface area contributed by atoms with Gasteiger partial charge in [-0.1, -0.05) is 44.0 Å². The van der Waals surface area contributed by atoms with Crippen LogP contribution in [0.15, 0.2) is 39.3 Å². The van der Waals surface area contributed by atoms with Crippen molar-refractivity contribution >= 4 is 31.9 Å². The van der Waals surface area contributed by atoms with Gasteiger partial charge < -0.3 is 15.2 Å². The number of fused-ring (bicyclic) bond motifs is 1. The SMILES string of the molecule is Cc1c(Br)cccc1C(N)c1cc2c(cc1Br)OCCO2. The smallest absolute Gasteiger partial charge is 0.162 e. The average Bonchev–Trinajstić information content (AvgIpc) is 2.48. The molecule has 0 saturated heterocycles. The monoisotopic (exact) mass is 411 g/mol. The van der Waals surface area contributed by atoms with Crippen molar-refractivity contribution in [1.82, 2.24) is 0 Å². The normalized spacial score (nSPS) is 14.9. The molecule has 1 aliphatic rings. The van der Waals surface area contributed by atoms with Gasteiger partial charge in [-0.3, -0.25) is 0 Å². The van der Waals surface area contributed by atoms with Crippen molar-refractivity contribution in [3.8, 4) is 11.5 Å². The van der Waals surface area contributed by atoms with Crippen LogP contribution >= 0.6 is 31.9 Å². The zero-order valence-corrected chi connectivity index (χ0v) is 14.7. The van der Waals surface area contributed by atoms with Crippen molar-refractivity contribution < 1.29 is 9.47 Å². The molecule has 1 heterocycles. The first-order chi connectivity index (χ1) is 10.1. The molecule has 21 heavy (non-hydrogen) atoms. The minimum Gasteiger partial charge on any atom is -0.486 e. The van der Waals surface area contributed by atoms with Gasteiger partial charge in [0, 0.05) is 8.95 Å². The van der Waals surface area contributed by atoms with Crippen LogP contribution in [0.5, 0.6) is 11.5 Å². The Kier molecular flexibility index (Phi) is 4.24. The minimum atomic E-state index is -0.229. The lowest BCUT2D eigenvalue weighted by atomic mass is 9.95. The topological polar surface area (TPSA) is 44.5 Å². The molecule has 5 heteroatoms. The molecule has 0 aromatic heterocycles. The summed E-state index contributed by atoms with van der Waals surface area (Å²) < 4.78 is 13.2. The van der Waals surface area contributed by atoms with Crippen LogP contribution in [0.2, 0.25) is 0 Å². The summed E-state index contributed by atoms with van der Waals surface area (Å²) in [6, 6.07) is 9.73. The number of rotatable bonds is 2. The molecule has 2 N–H and O–H groups in total. The van der Waals surface area contributed by atoms with Gasteiger partial charge in [0.15, 0.2) is 11.5 Å². The molecule has 3 nitrogen and oxygen atoms in total. The second-order valence-electron chi connectivity index (χ2n) is 4.95. The molecule has 2 aromatic rings. The zero-order chi connectivity index (χ0) is 15.0. The van der Waals surface area contributed by atoms with E-state index in [2.05, 4.69) is 38.8 Å². The van der Waals surface area contributed by atoms with Gasteiger partial charge in [-0.05, 0) is 41.8 Å². The molecular formula is C16H15Br2NO2. The second kappa shape index (κ2) is 5.99. The van der Waals surface area contributed by atoms with E-state index in [1.807, 2.05) is 30.3 Å². The first kappa shape index (κ1) is 14.9. The van der Waals surface area contributed by atoms with E-state index in [-0.39, 0.29) is 6.04 Å². The number of ether oxygens (including phenoxy) is 2. The van der Waals surface area contributed by atoms with Crippen molar-refractivity contribution in [1.29, 1.82) is 0 Å². The van der Waals surface area contributed by atoms with E-state index in [9.17, 15) is 0 Å². The van der Waals surface area contributed by atoms with Crippen molar-refractivity contribution in [2.75, 3.05) is 13.2 Å². The third-order valence-corrected chi connectivity index (χ3v) is 5.19. The van der Waals surface area contributed by atoms with Crippen LogP contribution in [-0.4, -0.2) is 13.2 Å². The third kappa shape index (κ3) is 2.82. The fourth-order valence-corrected chi connectivity index (χ4v) is 3.40. The van der Waals surface area contributed by atoms with Gasteiger partial charge in [0.2, 0.25) is 0 Å². The Morgan fingerprint density at radius 1 is 1.00 bits per heavy atom. The summed E-state index contributed by atoms with van der Waals surface area (Å²) in [7, 11) is 0. The first-order valence-corrected chi connectivity index (χ1v) is 8.26. The molecule has 0 spiro atoms. The van der Waals surface area contributed by atoms with Gasteiger partial charge in [0.1, 0.15) is 13.2 Å². The summed E-state index contributed by atoms with van der Waals surface area (Å²) in [6.45, 7) is 3.21. The average molecular weight is 413 g/mol. The number of benzene rings is 2. The Labute approximate surface area is 140 Å². The number of nitrogens with two attached hydrogens (primary N) is 1. The fourth-order valence-electron chi connectivity index (χ4n) is 2.45. The van der Waals surface area contributed by atoms with Crippen molar-refractivity contribution in [3.05, 3.63) is 56.0 Å². The maximum Gasteiger partial charge on any atom is 0.162 e. The Morgan fingerprint density at radius 3 is 2.38 bits per heavy atom. The number of hydrogen-bond acceptors (Lipinski definition) is 3. The van der Waals surface area contributed by atoms with Crippen LogP contribution in [0.25, 0.3) is 0 Å². The predicted molar refractivity (Wildman–Crippen MR) is 90.0 cm³/mol. The lowest BCUT2D eigenvalue weighted by Crippen LogP contribution is -2.18. The Hall–Kier alpha value is -1.04. The van der Waals surface area contributed by atoms with Gasteiger partial charge in [-0.15, -0.1) is 0 Å². The Balaban J connectivity index is 2.05. The van der Waals surface area contributed by atoms with Crippen molar-refractivity contribution in [2.24, 2.45) is 5.73 Å². The molecule has 1 aliphatic heterocycles. The molecule has 3 rings (SSSR count). The van der Waals surface area contributed by atoms with E-state index in [4.69, 9.17) is 15.2 Å². The highest BCUT2D eigenvalue weighted by molar-refractivity contribution is 9.10. The molecule has 110 valence electrons. The maximum atomic E-state index is 6.47. The minimum absolute atomic E-state index is 0.229. The highest BCUT2D eigenvalue weighted by Gasteiger charge is 2.20. The van der Waals surface area contributed by atoms with Crippen LogP contribution in [-0.2, 0) is 0 Å². The van der Waals surface area contributed by atoms with Crippen LogP contribution in [0.3, 0.4) is 0 Å². The molecule has 0 saturated carbocycles. The highest BCUT2D eigenvalue weighted by atomic mass is 79.9. The highest BCUT2D eigenvalue weighted by Crippen LogP contribution is 2.39. The van der Waals surface area contributed by atoms with Gasteiger partial charge in [0.05, 0.1) is 6.04 Å². The zero-order valence-electron chi connectivity index (χ0n) is 11.5. The second-order valence-corrected chi connectivity index (χ2v) is 6.66. The van der Waals surface area contributed by atoms with E-state index in [1.54, 1.807) is 0 Å². The van der Waals surface area contributed by atoms with Gasteiger partial charge in [-0.25, -0.2) is 0 Å². The molecule has 2 aromatic carbocycles. The van der Waals surface area contributed by atoms with Crippen LogP contribution in [0, 0.1) is 6.92 Å². The van der Waals surface area contributed by atoms with E-state index in [1.165, 1.54) is 0 Å². The van der Waals surface area contributed by atoms with Gasteiger partial charge >= 0.3 is 0 Å². The molecule has 0 bridgehead atoms. The number of hydrogen-bond donors (Lipinski definition) is 1. The summed E-state index contributed by atoms with van der Waals surface area (Å²) in [6.07, 6.45) is 0. The molecule has 0 aliphatic carbocycles. The van der Waals surface area contributed by atoms with Crippen LogP contribution < -0.4 is 15.2 Å². The van der Waals surface area contributed by atoms with Crippen molar-refractivity contribution in [2.45, 2.75) is 13.0 Å². The van der Waals surface area contributed by atoms with Gasteiger partial charge in [-0.2, -0.15) is 0 Å². The Morgan fingerprint density at radius 2 is 1.67 bits per heavy atom. The molecule has 0 radical (unpaired) electrons. The van der Waals surface area contributed by atoms with E-state index in [0.29, 0.717) is 13.2 Å². The van der Waals surface area contributed by atoms with Crippen LogP contribution in [0.4, 0.5) is 0 Å². The number of halogens is 2. The summed E-state index contributed by atoms with van der Waals surface area (Å²) >= 11 is 7.14. The molecular weight excluding hydrogens is 398 g/mol. The van der Waals surface area contributed by atoms with E-state index < -0.39 is 0 Å². The largest absolute Gasteiger partial charge is 0.486 e. The molecule has 1 unspecified atom stereocenters.